The summed E-state index contributed by atoms with van der Waals surface area (Å²) in [6.07, 6.45) is 2.20. The zero-order chi connectivity index (χ0) is 18.7. The average molecular weight is 364 g/mol. The zero-order valence-electron chi connectivity index (χ0n) is 14.6. The second-order valence-corrected chi connectivity index (χ2v) is 6.81. The molecular formula is C18H22F2N4O2. The van der Waals surface area contributed by atoms with Crippen molar-refractivity contribution in [2.45, 2.75) is 32.4 Å². The van der Waals surface area contributed by atoms with E-state index in [2.05, 4.69) is 9.88 Å². The third kappa shape index (κ3) is 4.43. The molecule has 1 aliphatic heterocycles. The third-order valence-corrected chi connectivity index (χ3v) is 4.84. The molecule has 3 rings (SSSR count). The first kappa shape index (κ1) is 18.4. The molecule has 0 radical (unpaired) electrons. The van der Waals surface area contributed by atoms with Crippen LogP contribution in [0.1, 0.15) is 30.5 Å². The van der Waals surface area contributed by atoms with Gasteiger partial charge in [0.15, 0.2) is 0 Å². The molecule has 0 unspecified atom stereocenters. The number of hydrogen-bond donors (Lipinski definition) is 0. The van der Waals surface area contributed by atoms with Crippen LogP contribution < -0.4 is 11.1 Å². The second kappa shape index (κ2) is 7.90. The first-order valence-electron chi connectivity index (χ1n) is 8.65. The van der Waals surface area contributed by atoms with Gasteiger partial charge in [0, 0.05) is 38.5 Å². The number of aryl methyl sites for hydroxylation is 1. The quantitative estimate of drug-likeness (QED) is 0.812. The van der Waals surface area contributed by atoms with Crippen molar-refractivity contribution >= 4 is 0 Å². The Labute approximate surface area is 149 Å². The number of piperidine rings is 1. The van der Waals surface area contributed by atoms with Crippen molar-refractivity contribution in [1.29, 1.82) is 0 Å². The summed E-state index contributed by atoms with van der Waals surface area (Å²) < 4.78 is 28.1. The van der Waals surface area contributed by atoms with Crippen molar-refractivity contribution in [3.8, 4) is 0 Å². The van der Waals surface area contributed by atoms with Gasteiger partial charge in [-0.1, -0.05) is 6.07 Å². The molecule has 0 N–H and O–H groups in total. The van der Waals surface area contributed by atoms with Crippen LogP contribution in [0.3, 0.4) is 0 Å². The van der Waals surface area contributed by atoms with Crippen molar-refractivity contribution in [3.05, 3.63) is 62.7 Å². The summed E-state index contributed by atoms with van der Waals surface area (Å²) in [5.41, 5.74) is 0.166. The van der Waals surface area contributed by atoms with E-state index < -0.39 is 17.7 Å². The predicted molar refractivity (Wildman–Crippen MR) is 93.1 cm³/mol. The zero-order valence-corrected chi connectivity index (χ0v) is 14.6. The molecule has 0 spiro atoms. The van der Waals surface area contributed by atoms with Crippen molar-refractivity contribution in [2.24, 2.45) is 13.0 Å². The predicted octanol–water partition coefficient (Wildman–Crippen LogP) is 1.79. The average Bonchev–Trinajstić information content (AvgIpc) is 2.61. The highest BCUT2D eigenvalue weighted by Crippen LogP contribution is 2.20. The summed E-state index contributed by atoms with van der Waals surface area (Å²) in [4.78, 5) is 29.4. The van der Waals surface area contributed by atoms with E-state index >= 15 is 0 Å². The van der Waals surface area contributed by atoms with E-state index in [1.54, 1.807) is 17.7 Å². The van der Waals surface area contributed by atoms with E-state index in [1.807, 2.05) is 12.3 Å². The Morgan fingerprint density at radius 3 is 2.54 bits per heavy atom. The van der Waals surface area contributed by atoms with Crippen LogP contribution in [0, 0.1) is 5.92 Å². The fourth-order valence-electron chi connectivity index (χ4n) is 3.30. The summed E-state index contributed by atoms with van der Waals surface area (Å²) in [6.45, 7) is 3.07. The summed E-state index contributed by atoms with van der Waals surface area (Å²) in [5.74, 6) is 0.322. The monoisotopic (exact) mass is 364 g/mol. The van der Waals surface area contributed by atoms with Gasteiger partial charge in [-0.3, -0.25) is 19.1 Å². The maximum Gasteiger partial charge on any atom is 0.280 e. The van der Waals surface area contributed by atoms with E-state index in [0.717, 1.165) is 44.1 Å². The van der Waals surface area contributed by atoms with Crippen LogP contribution in [0.15, 0.2) is 40.3 Å². The normalized spacial score (nSPS) is 16.3. The van der Waals surface area contributed by atoms with Gasteiger partial charge >= 0.3 is 0 Å². The van der Waals surface area contributed by atoms with Crippen molar-refractivity contribution in [1.82, 2.24) is 19.0 Å². The maximum absolute atomic E-state index is 12.6. The number of aromatic nitrogens is 3. The molecule has 2 aromatic heterocycles. The first-order valence-corrected chi connectivity index (χ1v) is 8.65. The molecule has 1 aliphatic rings. The van der Waals surface area contributed by atoms with Crippen LogP contribution in [-0.4, -0.2) is 32.1 Å². The van der Waals surface area contributed by atoms with Crippen LogP contribution in [0.5, 0.6) is 0 Å². The van der Waals surface area contributed by atoms with Gasteiger partial charge in [0.05, 0.1) is 6.33 Å². The highest BCUT2D eigenvalue weighted by molar-refractivity contribution is 5.09. The van der Waals surface area contributed by atoms with Crippen molar-refractivity contribution < 1.29 is 8.78 Å². The minimum atomic E-state index is -2.72. The number of rotatable bonds is 5. The summed E-state index contributed by atoms with van der Waals surface area (Å²) in [6, 6.07) is 4.34. The lowest BCUT2D eigenvalue weighted by atomic mass is 9.96. The number of nitrogens with zero attached hydrogens (tertiary/aromatic N) is 4. The van der Waals surface area contributed by atoms with E-state index in [0.29, 0.717) is 12.5 Å². The summed E-state index contributed by atoms with van der Waals surface area (Å²) in [7, 11) is 1.74. The van der Waals surface area contributed by atoms with Gasteiger partial charge in [-0.15, -0.1) is 0 Å². The van der Waals surface area contributed by atoms with Gasteiger partial charge < -0.3 is 4.57 Å². The fourth-order valence-corrected chi connectivity index (χ4v) is 3.30. The molecule has 140 valence electrons. The highest BCUT2D eigenvalue weighted by Gasteiger charge is 2.20. The fraction of sp³-hybridized carbons (Fsp3) is 0.500. The van der Waals surface area contributed by atoms with Gasteiger partial charge in [0.2, 0.25) is 5.56 Å². The van der Waals surface area contributed by atoms with Gasteiger partial charge in [0.25, 0.3) is 12.0 Å². The molecule has 3 heterocycles. The Kier molecular flexibility index (Phi) is 5.61. The molecule has 0 saturated carbocycles. The molecule has 0 aliphatic carbocycles. The van der Waals surface area contributed by atoms with E-state index in [-0.39, 0.29) is 5.56 Å². The molecule has 8 heteroatoms. The highest BCUT2D eigenvalue weighted by atomic mass is 19.3. The van der Waals surface area contributed by atoms with Crippen LogP contribution in [0.25, 0.3) is 0 Å². The lowest BCUT2D eigenvalue weighted by Gasteiger charge is -2.32. The Hall–Kier alpha value is -2.35. The molecule has 0 atom stereocenters. The lowest BCUT2D eigenvalue weighted by molar-refractivity contribution is 0.144. The van der Waals surface area contributed by atoms with E-state index in [9.17, 15) is 18.4 Å². The molecule has 26 heavy (non-hydrogen) atoms. The smallest absolute Gasteiger partial charge is 0.280 e. The minimum Gasteiger partial charge on any atom is -0.318 e. The lowest BCUT2D eigenvalue weighted by Crippen LogP contribution is -2.36. The van der Waals surface area contributed by atoms with Crippen LogP contribution >= 0.6 is 0 Å². The number of likely N-dealkylation sites (tertiary alicyclic amines) is 1. The Bertz CT molecular complexity index is 870. The largest absolute Gasteiger partial charge is 0.318 e. The number of pyridine rings is 1. The first-order chi connectivity index (χ1) is 12.4. The van der Waals surface area contributed by atoms with Gasteiger partial charge in [-0.25, -0.2) is 13.8 Å². The van der Waals surface area contributed by atoms with Gasteiger partial charge in [-0.2, -0.15) is 0 Å². The molecule has 6 nitrogen and oxygen atoms in total. The second-order valence-electron chi connectivity index (χ2n) is 6.81. The van der Waals surface area contributed by atoms with Crippen molar-refractivity contribution in [3.63, 3.8) is 0 Å². The van der Waals surface area contributed by atoms with Crippen LogP contribution in [-0.2, 0) is 20.1 Å². The van der Waals surface area contributed by atoms with Gasteiger partial charge in [0.1, 0.15) is 5.69 Å². The number of halogens is 2. The topological polar surface area (TPSA) is 60.1 Å². The van der Waals surface area contributed by atoms with E-state index in [1.165, 1.54) is 10.9 Å². The van der Waals surface area contributed by atoms with Crippen molar-refractivity contribution in [2.75, 3.05) is 13.1 Å². The molecule has 1 fully saturated rings. The Morgan fingerprint density at radius 2 is 1.92 bits per heavy atom. The SMILES string of the molecule is Cn1cc(CN2CCC(Cn3cnc(C(F)F)cc3=O)CC2)ccc1=O. The third-order valence-electron chi connectivity index (χ3n) is 4.84. The molecule has 0 bridgehead atoms. The maximum atomic E-state index is 12.6. The number of alkyl halides is 2. The van der Waals surface area contributed by atoms with Crippen LogP contribution in [0.2, 0.25) is 0 Å². The summed E-state index contributed by atoms with van der Waals surface area (Å²) in [5, 5.41) is 0. The minimum absolute atomic E-state index is 0.0237. The Balaban J connectivity index is 1.54. The van der Waals surface area contributed by atoms with Gasteiger partial charge in [-0.05, 0) is 37.4 Å². The van der Waals surface area contributed by atoms with Crippen LogP contribution in [0.4, 0.5) is 8.78 Å². The molecule has 0 aromatic carbocycles. The number of hydrogen-bond acceptors (Lipinski definition) is 4. The molecular weight excluding hydrogens is 342 g/mol. The molecule has 2 aromatic rings. The Morgan fingerprint density at radius 1 is 1.19 bits per heavy atom. The van der Waals surface area contributed by atoms with E-state index in [4.69, 9.17) is 0 Å². The molecule has 0 amide bonds. The summed E-state index contributed by atoms with van der Waals surface area (Å²) >= 11 is 0. The standard InChI is InChI=1S/C18H22F2N4O2/c1-22-9-14(2-3-16(22)25)10-23-6-4-13(5-7-23)11-24-12-21-15(18(19)20)8-17(24)26/h2-3,8-9,12-13,18H,4-7,10-11H2,1H3. The molecule has 1 saturated heterocycles.